The highest BCUT2D eigenvalue weighted by Crippen LogP contribution is 2.15. The van der Waals surface area contributed by atoms with Gasteiger partial charge in [0.05, 0.1) is 11.3 Å². The van der Waals surface area contributed by atoms with E-state index in [-0.39, 0.29) is 0 Å². The number of hydrogen-bond acceptors (Lipinski definition) is 5. The van der Waals surface area contributed by atoms with Crippen LogP contribution in [0.5, 0.6) is 0 Å². The van der Waals surface area contributed by atoms with Crippen LogP contribution in [-0.4, -0.2) is 45.8 Å². The van der Waals surface area contributed by atoms with Crippen molar-refractivity contribution in [2.24, 2.45) is 7.05 Å². The van der Waals surface area contributed by atoms with Crippen LogP contribution in [-0.2, 0) is 13.6 Å². The highest BCUT2D eigenvalue weighted by Gasteiger charge is 2.18. The van der Waals surface area contributed by atoms with E-state index < -0.39 is 0 Å². The standard InChI is InChI=1S/C15H18N6/c1-19-14(4-5-18-19)12-20-6-8-21(9-7-20)15-3-2-13(10-16)11-17-15/h2-5,11H,6-9,12H2,1H3. The number of piperazine rings is 1. The van der Waals surface area contributed by atoms with Gasteiger partial charge in [0.1, 0.15) is 11.9 Å². The van der Waals surface area contributed by atoms with Crippen LogP contribution >= 0.6 is 0 Å². The second kappa shape index (κ2) is 5.94. The molecule has 1 aliphatic heterocycles. The molecule has 0 atom stereocenters. The monoisotopic (exact) mass is 282 g/mol. The summed E-state index contributed by atoms with van der Waals surface area (Å²) in [6.45, 7) is 4.86. The van der Waals surface area contributed by atoms with Crippen molar-refractivity contribution < 1.29 is 0 Å². The highest BCUT2D eigenvalue weighted by molar-refractivity contribution is 5.42. The fourth-order valence-electron chi connectivity index (χ4n) is 2.56. The van der Waals surface area contributed by atoms with Crippen molar-refractivity contribution in [1.82, 2.24) is 19.7 Å². The number of nitrogens with zero attached hydrogens (tertiary/aromatic N) is 6. The lowest BCUT2D eigenvalue weighted by Crippen LogP contribution is -2.46. The summed E-state index contributed by atoms with van der Waals surface area (Å²) in [4.78, 5) is 9.05. The zero-order chi connectivity index (χ0) is 14.7. The van der Waals surface area contributed by atoms with Crippen LogP contribution in [0.25, 0.3) is 0 Å². The summed E-state index contributed by atoms with van der Waals surface area (Å²) in [6.07, 6.45) is 3.48. The summed E-state index contributed by atoms with van der Waals surface area (Å²) < 4.78 is 1.93. The lowest BCUT2D eigenvalue weighted by Gasteiger charge is -2.35. The van der Waals surface area contributed by atoms with Gasteiger partial charge < -0.3 is 4.90 Å². The van der Waals surface area contributed by atoms with Crippen molar-refractivity contribution in [1.29, 1.82) is 5.26 Å². The molecule has 0 amide bonds. The van der Waals surface area contributed by atoms with Crippen LogP contribution in [0.15, 0.2) is 30.6 Å². The molecule has 3 rings (SSSR count). The Bertz CT molecular complexity index is 631. The molecule has 0 aliphatic carbocycles. The smallest absolute Gasteiger partial charge is 0.128 e. The Kier molecular flexibility index (Phi) is 3.84. The topological polar surface area (TPSA) is 61.0 Å². The van der Waals surface area contributed by atoms with Crippen molar-refractivity contribution in [3.8, 4) is 6.07 Å². The molecule has 0 bridgehead atoms. The number of hydrogen-bond donors (Lipinski definition) is 0. The van der Waals surface area contributed by atoms with Crippen LogP contribution < -0.4 is 4.90 Å². The van der Waals surface area contributed by atoms with E-state index in [0.717, 1.165) is 38.5 Å². The summed E-state index contributed by atoms with van der Waals surface area (Å²) in [7, 11) is 1.98. The Hall–Kier alpha value is -2.39. The third-order valence-corrected chi connectivity index (χ3v) is 3.88. The van der Waals surface area contributed by atoms with Crippen molar-refractivity contribution in [3.05, 3.63) is 41.9 Å². The van der Waals surface area contributed by atoms with Crippen molar-refractivity contribution in [2.75, 3.05) is 31.1 Å². The first-order chi connectivity index (χ1) is 10.3. The van der Waals surface area contributed by atoms with E-state index in [9.17, 15) is 0 Å². The molecule has 1 aliphatic rings. The lowest BCUT2D eigenvalue weighted by molar-refractivity contribution is 0.243. The zero-order valence-corrected chi connectivity index (χ0v) is 12.1. The minimum Gasteiger partial charge on any atom is -0.354 e. The van der Waals surface area contributed by atoms with Gasteiger partial charge in [-0.05, 0) is 18.2 Å². The van der Waals surface area contributed by atoms with Gasteiger partial charge in [-0.15, -0.1) is 0 Å². The lowest BCUT2D eigenvalue weighted by atomic mass is 10.2. The number of aryl methyl sites for hydroxylation is 1. The molecule has 1 fully saturated rings. The number of rotatable bonds is 3. The summed E-state index contributed by atoms with van der Waals surface area (Å²) in [5.74, 6) is 0.953. The van der Waals surface area contributed by atoms with Crippen molar-refractivity contribution in [2.45, 2.75) is 6.54 Å². The first kappa shape index (κ1) is 13.6. The van der Waals surface area contributed by atoms with Crippen LogP contribution in [0.3, 0.4) is 0 Å². The number of aromatic nitrogens is 3. The fraction of sp³-hybridized carbons (Fsp3) is 0.400. The number of anilines is 1. The van der Waals surface area contributed by atoms with Gasteiger partial charge in [0, 0.05) is 52.2 Å². The van der Waals surface area contributed by atoms with Gasteiger partial charge in [0.25, 0.3) is 0 Å². The second-order valence-corrected chi connectivity index (χ2v) is 5.23. The molecule has 0 aromatic carbocycles. The maximum atomic E-state index is 8.80. The Morgan fingerprint density at radius 3 is 2.57 bits per heavy atom. The van der Waals surface area contributed by atoms with E-state index in [1.807, 2.05) is 30.1 Å². The van der Waals surface area contributed by atoms with Crippen LogP contribution in [0.1, 0.15) is 11.3 Å². The largest absolute Gasteiger partial charge is 0.354 e. The average molecular weight is 282 g/mol. The third-order valence-electron chi connectivity index (χ3n) is 3.88. The van der Waals surface area contributed by atoms with Gasteiger partial charge in [0.15, 0.2) is 0 Å². The molecule has 0 unspecified atom stereocenters. The number of pyridine rings is 1. The van der Waals surface area contributed by atoms with E-state index in [1.165, 1.54) is 5.69 Å². The normalized spacial score (nSPS) is 15.9. The summed E-state index contributed by atoms with van der Waals surface area (Å²) in [5.41, 5.74) is 1.84. The zero-order valence-electron chi connectivity index (χ0n) is 12.1. The molecule has 1 saturated heterocycles. The maximum absolute atomic E-state index is 8.80. The molecule has 21 heavy (non-hydrogen) atoms. The molecule has 3 heterocycles. The SMILES string of the molecule is Cn1nccc1CN1CCN(c2ccc(C#N)cn2)CC1. The molecule has 0 spiro atoms. The van der Waals surface area contributed by atoms with E-state index >= 15 is 0 Å². The van der Waals surface area contributed by atoms with Crippen LogP contribution in [0.4, 0.5) is 5.82 Å². The average Bonchev–Trinajstić information content (AvgIpc) is 2.93. The van der Waals surface area contributed by atoms with E-state index in [4.69, 9.17) is 5.26 Å². The first-order valence-electron chi connectivity index (χ1n) is 7.06. The predicted molar refractivity (Wildman–Crippen MR) is 79.7 cm³/mol. The van der Waals surface area contributed by atoms with Gasteiger partial charge in [-0.25, -0.2) is 4.98 Å². The molecular formula is C15H18N6. The Balaban J connectivity index is 1.57. The van der Waals surface area contributed by atoms with E-state index in [1.54, 1.807) is 6.20 Å². The van der Waals surface area contributed by atoms with Gasteiger partial charge in [0.2, 0.25) is 0 Å². The fourth-order valence-corrected chi connectivity index (χ4v) is 2.56. The summed E-state index contributed by atoms with van der Waals surface area (Å²) >= 11 is 0. The predicted octanol–water partition coefficient (Wildman–Crippen LogP) is 1.01. The third kappa shape index (κ3) is 3.03. The van der Waals surface area contributed by atoms with Crippen molar-refractivity contribution >= 4 is 5.82 Å². The van der Waals surface area contributed by atoms with Gasteiger partial charge >= 0.3 is 0 Å². The molecular weight excluding hydrogens is 264 g/mol. The Morgan fingerprint density at radius 1 is 1.19 bits per heavy atom. The molecule has 2 aromatic heterocycles. The van der Waals surface area contributed by atoms with E-state index in [2.05, 4.69) is 32.0 Å². The highest BCUT2D eigenvalue weighted by atomic mass is 15.3. The maximum Gasteiger partial charge on any atom is 0.128 e. The molecule has 6 nitrogen and oxygen atoms in total. The second-order valence-electron chi connectivity index (χ2n) is 5.23. The molecule has 2 aromatic rings. The molecule has 6 heteroatoms. The minimum absolute atomic E-state index is 0.605. The van der Waals surface area contributed by atoms with Crippen LogP contribution in [0, 0.1) is 11.3 Å². The van der Waals surface area contributed by atoms with Gasteiger partial charge in [-0.3, -0.25) is 9.58 Å². The molecule has 0 N–H and O–H groups in total. The summed E-state index contributed by atoms with van der Waals surface area (Å²) in [6, 6.07) is 7.91. The first-order valence-corrected chi connectivity index (χ1v) is 7.06. The van der Waals surface area contributed by atoms with Gasteiger partial charge in [-0.1, -0.05) is 0 Å². The Morgan fingerprint density at radius 2 is 2.00 bits per heavy atom. The Labute approximate surface area is 124 Å². The van der Waals surface area contributed by atoms with Crippen LogP contribution in [0.2, 0.25) is 0 Å². The van der Waals surface area contributed by atoms with Crippen molar-refractivity contribution in [3.63, 3.8) is 0 Å². The summed E-state index contributed by atoms with van der Waals surface area (Å²) in [5, 5.41) is 13.0. The van der Waals surface area contributed by atoms with Gasteiger partial charge in [-0.2, -0.15) is 10.4 Å². The number of nitriles is 1. The molecule has 0 radical (unpaired) electrons. The minimum atomic E-state index is 0.605. The molecule has 108 valence electrons. The van der Waals surface area contributed by atoms with E-state index in [0.29, 0.717) is 5.56 Å². The molecule has 0 saturated carbocycles. The quantitative estimate of drug-likeness (QED) is 0.841.